The number of sulfonamides is 1. The lowest BCUT2D eigenvalue weighted by Crippen LogP contribution is -2.49. The Morgan fingerprint density at radius 3 is 2.50 bits per heavy atom. The summed E-state index contributed by atoms with van der Waals surface area (Å²) in [5.41, 5.74) is 2.60. The number of aryl methyl sites for hydroxylation is 1. The van der Waals surface area contributed by atoms with Gasteiger partial charge in [-0.15, -0.1) is 0 Å². The van der Waals surface area contributed by atoms with Crippen LogP contribution in [0.4, 0.5) is 10.2 Å². The molecule has 0 atom stereocenters. The molecule has 2 aromatic heterocycles. The average molecular weight is 425 g/mol. The Labute approximate surface area is 173 Å². The van der Waals surface area contributed by atoms with Crippen molar-refractivity contribution in [2.45, 2.75) is 11.8 Å². The van der Waals surface area contributed by atoms with Crippen LogP contribution in [0.2, 0.25) is 0 Å². The Morgan fingerprint density at radius 2 is 1.73 bits per heavy atom. The number of benzene rings is 2. The van der Waals surface area contributed by atoms with E-state index in [1.54, 1.807) is 0 Å². The number of rotatable bonds is 3. The van der Waals surface area contributed by atoms with Crippen LogP contribution in [0.1, 0.15) is 5.69 Å². The zero-order valence-corrected chi connectivity index (χ0v) is 17.2. The minimum Gasteiger partial charge on any atom is -0.353 e. The lowest BCUT2D eigenvalue weighted by atomic mass is 10.2. The number of para-hydroxylation sites is 1. The summed E-state index contributed by atoms with van der Waals surface area (Å²) in [4.78, 5) is 6.90. The van der Waals surface area contributed by atoms with E-state index in [2.05, 4.69) is 10.00 Å². The number of aromatic nitrogens is 3. The summed E-state index contributed by atoms with van der Waals surface area (Å²) >= 11 is 0. The summed E-state index contributed by atoms with van der Waals surface area (Å²) in [6.07, 6.45) is 0. The van der Waals surface area contributed by atoms with E-state index in [1.807, 2.05) is 41.8 Å². The maximum absolute atomic E-state index is 13.5. The molecule has 7 nitrogen and oxygen atoms in total. The number of anilines is 1. The van der Waals surface area contributed by atoms with Crippen molar-refractivity contribution in [3.05, 3.63) is 66.1 Å². The second kappa shape index (κ2) is 7.03. The summed E-state index contributed by atoms with van der Waals surface area (Å²) in [5.74, 6) is 0.260. The van der Waals surface area contributed by atoms with E-state index in [9.17, 15) is 12.8 Å². The molecule has 0 saturated carbocycles. The molecule has 0 amide bonds. The summed E-state index contributed by atoms with van der Waals surface area (Å²) in [7, 11) is -3.73. The first kappa shape index (κ1) is 19.0. The zero-order chi connectivity index (χ0) is 20.9. The molecule has 0 aliphatic carbocycles. The summed E-state index contributed by atoms with van der Waals surface area (Å²) < 4.78 is 42.5. The SMILES string of the molecule is Cc1cc2nc(N3CCN(S(=O)(=O)c4cccc(F)c4)CC3)c3ccccc3n2n1. The number of hydrogen-bond donors (Lipinski definition) is 0. The number of halogens is 1. The van der Waals surface area contributed by atoms with Gasteiger partial charge in [-0.25, -0.2) is 22.3 Å². The van der Waals surface area contributed by atoms with Gasteiger partial charge in [0.05, 0.1) is 16.1 Å². The van der Waals surface area contributed by atoms with Gasteiger partial charge in [-0.05, 0) is 37.3 Å². The fraction of sp³-hybridized carbons (Fsp3) is 0.238. The van der Waals surface area contributed by atoms with Gasteiger partial charge in [-0.1, -0.05) is 18.2 Å². The fourth-order valence-corrected chi connectivity index (χ4v) is 5.37. The highest BCUT2D eigenvalue weighted by molar-refractivity contribution is 7.89. The Hall–Kier alpha value is -3.04. The van der Waals surface area contributed by atoms with Gasteiger partial charge >= 0.3 is 0 Å². The Morgan fingerprint density at radius 1 is 0.967 bits per heavy atom. The molecule has 4 aromatic rings. The van der Waals surface area contributed by atoms with E-state index in [0.717, 1.165) is 34.1 Å². The molecule has 30 heavy (non-hydrogen) atoms. The van der Waals surface area contributed by atoms with Gasteiger partial charge in [0.2, 0.25) is 10.0 Å². The molecule has 1 fully saturated rings. The maximum Gasteiger partial charge on any atom is 0.243 e. The highest BCUT2D eigenvalue weighted by atomic mass is 32.2. The molecular weight excluding hydrogens is 405 g/mol. The lowest BCUT2D eigenvalue weighted by molar-refractivity contribution is 0.384. The van der Waals surface area contributed by atoms with Gasteiger partial charge in [-0.2, -0.15) is 9.40 Å². The number of piperazine rings is 1. The summed E-state index contributed by atoms with van der Waals surface area (Å²) in [5, 5.41) is 5.50. The normalized spacial score (nSPS) is 15.9. The number of fused-ring (bicyclic) bond motifs is 3. The van der Waals surface area contributed by atoms with Crippen LogP contribution in [0.5, 0.6) is 0 Å². The van der Waals surface area contributed by atoms with Crippen LogP contribution < -0.4 is 4.90 Å². The van der Waals surface area contributed by atoms with Crippen molar-refractivity contribution in [2.75, 3.05) is 31.1 Å². The zero-order valence-electron chi connectivity index (χ0n) is 16.4. The highest BCUT2D eigenvalue weighted by Gasteiger charge is 2.30. The highest BCUT2D eigenvalue weighted by Crippen LogP contribution is 2.28. The molecule has 0 radical (unpaired) electrons. The summed E-state index contributed by atoms with van der Waals surface area (Å²) in [6, 6.07) is 15.0. The molecule has 1 aliphatic rings. The molecule has 9 heteroatoms. The van der Waals surface area contributed by atoms with E-state index < -0.39 is 15.8 Å². The van der Waals surface area contributed by atoms with Crippen molar-refractivity contribution in [3.8, 4) is 0 Å². The van der Waals surface area contributed by atoms with Gasteiger partial charge in [0.1, 0.15) is 11.6 Å². The smallest absolute Gasteiger partial charge is 0.243 e. The third-order valence-corrected chi connectivity index (χ3v) is 7.27. The lowest BCUT2D eigenvalue weighted by Gasteiger charge is -2.35. The molecular formula is C21H20FN5O2S. The average Bonchev–Trinajstić information content (AvgIpc) is 3.14. The van der Waals surface area contributed by atoms with Crippen LogP contribution in [0, 0.1) is 12.7 Å². The van der Waals surface area contributed by atoms with Crippen molar-refractivity contribution >= 4 is 32.4 Å². The molecule has 0 unspecified atom stereocenters. The quantitative estimate of drug-likeness (QED) is 0.505. The Bertz CT molecular complexity index is 1360. The maximum atomic E-state index is 13.5. The third-order valence-electron chi connectivity index (χ3n) is 5.38. The summed E-state index contributed by atoms with van der Waals surface area (Å²) in [6.45, 7) is 3.53. The molecule has 154 valence electrons. The van der Waals surface area contributed by atoms with Crippen LogP contribution in [0.15, 0.2) is 59.5 Å². The van der Waals surface area contributed by atoms with E-state index in [0.29, 0.717) is 26.2 Å². The Balaban J connectivity index is 1.46. The van der Waals surface area contributed by atoms with Crippen LogP contribution in [-0.2, 0) is 10.0 Å². The van der Waals surface area contributed by atoms with Crippen molar-refractivity contribution in [3.63, 3.8) is 0 Å². The van der Waals surface area contributed by atoms with Crippen LogP contribution in [0.3, 0.4) is 0 Å². The van der Waals surface area contributed by atoms with Crippen molar-refractivity contribution in [1.29, 1.82) is 0 Å². The largest absolute Gasteiger partial charge is 0.353 e. The topological polar surface area (TPSA) is 70.8 Å². The number of nitrogens with zero attached hydrogens (tertiary/aromatic N) is 5. The first-order chi connectivity index (χ1) is 14.4. The molecule has 0 N–H and O–H groups in total. The Kier molecular flexibility index (Phi) is 4.44. The predicted molar refractivity (Wildman–Crippen MR) is 113 cm³/mol. The van der Waals surface area contributed by atoms with E-state index in [4.69, 9.17) is 4.98 Å². The van der Waals surface area contributed by atoms with Crippen molar-refractivity contribution in [1.82, 2.24) is 18.9 Å². The minimum atomic E-state index is -3.73. The standard InChI is InChI=1S/C21H20FN5O2S/c1-15-13-20-23-21(18-7-2-3-8-19(18)27(20)24-15)25-9-11-26(12-10-25)30(28,29)17-6-4-5-16(22)14-17/h2-8,13-14H,9-12H2,1H3. The monoisotopic (exact) mass is 425 g/mol. The van der Waals surface area contributed by atoms with Gasteiger partial charge in [0, 0.05) is 37.6 Å². The van der Waals surface area contributed by atoms with Crippen molar-refractivity contribution < 1.29 is 12.8 Å². The predicted octanol–water partition coefficient (Wildman–Crippen LogP) is 2.84. The van der Waals surface area contributed by atoms with Gasteiger partial charge in [0.15, 0.2) is 5.65 Å². The van der Waals surface area contributed by atoms with E-state index >= 15 is 0 Å². The van der Waals surface area contributed by atoms with Crippen LogP contribution in [0.25, 0.3) is 16.6 Å². The third kappa shape index (κ3) is 3.10. The van der Waals surface area contributed by atoms with Gasteiger partial charge in [-0.3, -0.25) is 0 Å². The number of hydrogen-bond acceptors (Lipinski definition) is 5. The molecule has 3 heterocycles. The van der Waals surface area contributed by atoms with E-state index in [1.165, 1.54) is 22.5 Å². The second-order valence-electron chi connectivity index (χ2n) is 7.36. The first-order valence-corrected chi connectivity index (χ1v) is 11.1. The second-order valence-corrected chi connectivity index (χ2v) is 9.29. The molecule has 5 rings (SSSR count). The van der Waals surface area contributed by atoms with Crippen molar-refractivity contribution in [2.24, 2.45) is 0 Å². The molecule has 0 spiro atoms. The first-order valence-electron chi connectivity index (χ1n) is 9.69. The van der Waals surface area contributed by atoms with Crippen LogP contribution in [-0.4, -0.2) is 53.5 Å². The van der Waals surface area contributed by atoms with E-state index in [-0.39, 0.29) is 4.90 Å². The van der Waals surface area contributed by atoms with Gasteiger partial charge < -0.3 is 4.90 Å². The molecule has 0 bridgehead atoms. The fourth-order valence-electron chi connectivity index (χ4n) is 3.92. The van der Waals surface area contributed by atoms with Crippen LogP contribution >= 0.6 is 0 Å². The minimum absolute atomic E-state index is 0.0179. The molecule has 2 aromatic carbocycles. The molecule has 1 saturated heterocycles. The molecule has 1 aliphatic heterocycles. The van der Waals surface area contributed by atoms with Gasteiger partial charge in [0.25, 0.3) is 0 Å².